The van der Waals surface area contributed by atoms with Crippen LogP contribution in [0.15, 0.2) is 42.5 Å². The number of hydrogen-bond donors (Lipinski definition) is 1. The highest BCUT2D eigenvalue weighted by molar-refractivity contribution is 5.94. The van der Waals surface area contributed by atoms with Gasteiger partial charge in [-0.05, 0) is 48.2 Å². The minimum atomic E-state index is -0.534. The highest BCUT2D eigenvalue weighted by atomic mass is 19.1. The van der Waals surface area contributed by atoms with Crippen molar-refractivity contribution in [1.82, 2.24) is 0 Å². The van der Waals surface area contributed by atoms with Crippen LogP contribution >= 0.6 is 0 Å². The van der Waals surface area contributed by atoms with Crippen molar-refractivity contribution in [1.29, 1.82) is 0 Å². The topological polar surface area (TPSA) is 46.2 Å². The zero-order chi connectivity index (χ0) is 14.8. The molecule has 0 atom stereocenters. The lowest BCUT2D eigenvalue weighted by molar-refractivity contribution is -0.117. The van der Waals surface area contributed by atoms with E-state index in [0.717, 1.165) is 24.1 Å². The van der Waals surface area contributed by atoms with E-state index in [1.54, 1.807) is 18.2 Å². The second-order valence-corrected chi connectivity index (χ2v) is 5.20. The Labute approximate surface area is 121 Å². The molecule has 3 rings (SSSR count). The number of carbonyl (C=O) groups excluding carboxylic acids is 2. The van der Waals surface area contributed by atoms with Crippen LogP contribution in [-0.4, -0.2) is 12.2 Å². The first kappa shape index (κ1) is 13.5. The summed E-state index contributed by atoms with van der Waals surface area (Å²) in [5, 5.41) is 2.85. The van der Waals surface area contributed by atoms with Crippen molar-refractivity contribution in [3.05, 3.63) is 53.8 Å². The normalized spacial score (nSPS) is 13.8. The highest BCUT2D eigenvalue weighted by Gasteiger charge is 2.29. The average Bonchev–Trinajstić information content (AvgIpc) is 3.32. The summed E-state index contributed by atoms with van der Waals surface area (Å²) in [6, 6.07) is 11.7. The van der Waals surface area contributed by atoms with Crippen LogP contribution in [0.3, 0.4) is 0 Å². The molecule has 0 bridgehead atoms. The molecule has 1 aliphatic carbocycles. The van der Waals surface area contributed by atoms with E-state index < -0.39 is 5.82 Å². The molecule has 0 radical (unpaired) electrons. The van der Waals surface area contributed by atoms with E-state index in [4.69, 9.17) is 0 Å². The van der Waals surface area contributed by atoms with Gasteiger partial charge in [-0.15, -0.1) is 0 Å². The fourth-order valence-corrected chi connectivity index (χ4v) is 2.14. The number of nitrogens with one attached hydrogen (secondary N) is 1. The Morgan fingerprint density at radius 2 is 1.76 bits per heavy atom. The molecule has 1 fully saturated rings. The third-order valence-electron chi connectivity index (χ3n) is 3.56. The summed E-state index contributed by atoms with van der Waals surface area (Å²) < 4.78 is 13.6. The fourth-order valence-electron chi connectivity index (χ4n) is 2.14. The number of aldehydes is 1. The molecule has 2 aromatic carbocycles. The van der Waals surface area contributed by atoms with Gasteiger partial charge in [0.25, 0.3) is 0 Å². The van der Waals surface area contributed by atoms with Gasteiger partial charge in [-0.1, -0.05) is 18.2 Å². The first-order valence-corrected chi connectivity index (χ1v) is 6.83. The summed E-state index contributed by atoms with van der Waals surface area (Å²) in [6.45, 7) is 0. The molecular formula is C17H14FNO2. The largest absolute Gasteiger partial charge is 0.326 e. The number of carbonyl (C=O) groups is 2. The molecule has 0 heterocycles. The maximum Gasteiger partial charge on any atom is 0.227 e. The van der Waals surface area contributed by atoms with Crippen LogP contribution in [0, 0.1) is 11.7 Å². The molecule has 1 aliphatic rings. The molecule has 4 heteroatoms. The molecule has 1 amide bonds. The Hall–Kier alpha value is -2.49. The van der Waals surface area contributed by atoms with Gasteiger partial charge >= 0.3 is 0 Å². The van der Waals surface area contributed by atoms with Gasteiger partial charge in [-0.2, -0.15) is 0 Å². The molecule has 1 N–H and O–H groups in total. The van der Waals surface area contributed by atoms with E-state index in [1.807, 2.05) is 12.1 Å². The van der Waals surface area contributed by atoms with E-state index in [9.17, 15) is 14.0 Å². The summed E-state index contributed by atoms with van der Waals surface area (Å²) >= 11 is 0. The van der Waals surface area contributed by atoms with Crippen molar-refractivity contribution in [2.24, 2.45) is 5.92 Å². The zero-order valence-corrected chi connectivity index (χ0v) is 11.3. The van der Waals surface area contributed by atoms with Gasteiger partial charge in [0.1, 0.15) is 5.82 Å². The zero-order valence-electron chi connectivity index (χ0n) is 11.3. The van der Waals surface area contributed by atoms with Crippen LogP contribution in [0.5, 0.6) is 0 Å². The maximum atomic E-state index is 13.6. The van der Waals surface area contributed by atoms with Crippen molar-refractivity contribution in [2.75, 3.05) is 5.32 Å². The molecule has 2 aromatic rings. The van der Waals surface area contributed by atoms with Crippen LogP contribution in [0.2, 0.25) is 0 Å². The summed E-state index contributed by atoms with van der Waals surface area (Å²) in [5.41, 5.74) is 2.31. The summed E-state index contributed by atoms with van der Waals surface area (Å²) in [4.78, 5) is 22.3. The van der Waals surface area contributed by atoms with Gasteiger partial charge < -0.3 is 5.32 Å². The highest BCUT2D eigenvalue weighted by Crippen LogP contribution is 2.30. The number of anilines is 1. The van der Waals surface area contributed by atoms with Crippen molar-refractivity contribution in [3.63, 3.8) is 0 Å². The van der Waals surface area contributed by atoms with E-state index in [-0.39, 0.29) is 17.4 Å². The molecular weight excluding hydrogens is 269 g/mol. The van der Waals surface area contributed by atoms with Gasteiger partial charge in [-0.3, -0.25) is 9.59 Å². The van der Waals surface area contributed by atoms with Crippen LogP contribution in [0.1, 0.15) is 23.2 Å². The average molecular weight is 283 g/mol. The van der Waals surface area contributed by atoms with E-state index in [1.165, 1.54) is 12.1 Å². The first-order valence-electron chi connectivity index (χ1n) is 6.83. The number of hydrogen-bond acceptors (Lipinski definition) is 2. The van der Waals surface area contributed by atoms with Crippen LogP contribution in [0.25, 0.3) is 11.1 Å². The second kappa shape index (κ2) is 5.48. The molecule has 0 saturated heterocycles. The maximum absolute atomic E-state index is 13.6. The van der Waals surface area contributed by atoms with E-state index >= 15 is 0 Å². The molecule has 106 valence electrons. The summed E-state index contributed by atoms with van der Waals surface area (Å²) in [7, 11) is 0. The lowest BCUT2D eigenvalue weighted by Gasteiger charge is -2.07. The van der Waals surface area contributed by atoms with Crippen LogP contribution in [0.4, 0.5) is 10.1 Å². The predicted molar refractivity (Wildman–Crippen MR) is 78.6 cm³/mol. The molecule has 0 spiro atoms. The van der Waals surface area contributed by atoms with Gasteiger partial charge in [-0.25, -0.2) is 4.39 Å². The van der Waals surface area contributed by atoms with Gasteiger partial charge in [0, 0.05) is 11.6 Å². The van der Waals surface area contributed by atoms with Gasteiger partial charge in [0.2, 0.25) is 5.91 Å². The quantitative estimate of drug-likeness (QED) is 0.870. The molecule has 0 aromatic heterocycles. The minimum Gasteiger partial charge on any atom is -0.326 e. The van der Waals surface area contributed by atoms with E-state index in [2.05, 4.69) is 5.32 Å². The van der Waals surface area contributed by atoms with Gasteiger partial charge in [0.05, 0.1) is 5.56 Å². The number of rotatable bonds is 4. The third kappa shape index (κ3) is 2.99. The Bertz CT molecular complexity index is 690. The SMILES string of the molecule is O=Cc1ccc(-c2ccc(NC(=O)C3CC3)cc2)cc1F. The molecule has 1 saturated carbocycles. The minimum absolute atomic E-state index is 0.0482. The van der Waals surface area contributed by atoms with Crippen molar-refractivity contribution in [3.8, 4) is 11.1 Å². The molecule has 21 heavy (non-hydrogen) atoms. The number of benzene rings is 2. The standard InChI is InChI=1S/C17H14FNO2/c18-16-9-13(3-4-14(16)10-20)11-5-7-15(8-6-11)19-17(21)12-1-2-12/h3-10,12H,1-2H2,(H,19,21). The second-order valence-electron chi connectivity index (χ2n) is 5.20. The Kier molecular flexibility index (Phi) is 3.52. The lowest BCUT2D eigenvalue weighted by atomic mass is 10.0. The van der Waals surface area contributed by atoms with Gasteiger partial charge in [0.15, 0.2) is 6.29 Å². The fraction of sp³-hybridized carbons (Fsp3) is 0.176. The third-order valence-corrected chi connectivity index (χ3v) is 3.56. The number of amides is 1. The Balaban J connectivity index is 1.78. The van der Waals surface area contributed by atoms with Crippen LogP contribution in [-0.2, 0) is 4.79 Å². The van der Waals surface area contributed by atoms with Crippen molar-refractivity contribution in [2.45, 2.75) is 12.8 Å². The molecule has 0 aliphatic heterocycles. The number of halogens is 1. The first-order chi connectivity index (χ1) is 10.2. The lowest BCUT2D eigenvalue weighted by Crippen LogP contribution is -2.12. The smallest absolute Gasteiger partial charge is 0.227 e. The summed E-state index contributed by atoms with van der Waals surface area (Å²) in [6.07, 6.45) is 2.42. The van der Waals surface area contributed by atoms with E-state index in [0.29, 0.717) is 11.8 Å². The summed E-state index contributed by atoms with van der Waals surface area (Å²) in [5.74, 6) is -0.313. The molecule has 3 nitrogen and oxygen atoms in total. The van der Waals surface area contributed by atoms with Crippen molar-refractivity contribution < 1.29 is 14.0 Å². The Morgan fingerprint density at radius 1 is 1.10 bits per heavy atom. The van der Waals surface area contributed by atoms with Crippen LogP contribution < -0.4 is 5.32 Å². The Morgan fingerprint density at radius 3 is 2.33 bits per heavy atom. The molecule has 0 unspecified atom stereocenters. The monoisotopic (exact) mass is 283 g/mol. The predicted octanol–water partition coefficient (Wildman–Crippen LogP) is 3.65. The van der Waals surface area contributed by atoms with Crippen molar-refractivity contribution >= 4 is 17.9 Å².